The zero-order valence-electron chi connectivity index (χ0n) is 31.0. The van der Waals surface area contributed by atoms with Crippen molar-refractivity contribution in [2.24, 2.45) is 0 Å². The molecule has 3 nitrogen and oxygen atoms in total. The molecule has 0 amide bonds. The molecule has 0 unspecified atom stereocenters. The molecule has 0 fully saturated rings. The van der Waals surface area contributed by atoms with Gasteiger partial charge >= 0.3 is 0 Å². The highest BCUT2D eigenvalue weighted by molar-refractivity contribution is 6.11. The van der Waals surface area contributed by atoms with Crippen LogP contribution >= 0.6 is 0 Å². The number of para-hydroxylation sites is 5. The maximum absolute atomic E-state index is 6.62. The van der Waals surface area contributed by atoms with Crippen molar-refractivity contribution in [1.29, 1.82) is 0 Å². The first-order valence-corrected chi connectivity index (χ1v) is 19.3. The van der Waals surface area contributed by atoms with Gasteiger partial charge < -0.3 is 13.7 Å². The first-order valence-electron chi connectivity index (χ1n) is 19.3. The number of nitrogens with zero attached hydrogens (tertiary/aromatic N) is 1. The fourth-order valence-corrected chi connectivity index (χ4v) is 8.36. The molecule has 9 aromatic carbocycles. The summed E-state index contributed by atoms with van der Waals surface area (Å²) in [6.07, 6.45) is 0. The van der Waals surface area contributed by atoms with Gasteiger partial charge in [0.2, 0.25) is 0 Å². The van der Waals surface area contributed by atoms with E-state index >= 15 is 0 Å². The molecule has 0 aliphatic heterocycles. The van der Waals surface area contributed by atoms with Gasteiger partial charge in [-0.2, -0.15) is 0 Å². The highest BCUT2D eigenvalue weighted by Gasteiger charge is 2.21. The third kappa shape index (κ3) is 5.76. The van der Waals surface area contributed by atoms with Crippen LogP contribution in [0.3, 0.4) is 0 Å². The van der Waals surface area contributed by atoms with Crippen molar-refractivity contribution in [2.75, 3.05) is 4.90 Å². The number of furan rings is 2. The van der Waals surface area contributed by atoms with Crippen molar-refractivity contribution < 1.29 is 8.83 Å². The van der Waals surface area contributed by atoms with Crippen molar-refractivity contribution in [3.05, 3.63) is 212 Å². The molecule has 2 aromatic heterocycles. The van der Waals surface area contributed by atoms with Gasteiger partial charge in [0.05, 0.1) is 0 Å². The standard InChI is InChI=1S/C54H35NO2/c1-4-16-36(17-5-1)38-30-40(45-24-14-26-49-47-22-10-12-28-51(47)56-53(45)49)34-43(32-38)55(42-20-8-3-9-21-42)44-33-39(37-18-6-2-7-19-37)31-41(35-44)46-25-15-27-50-48-23-11-13-29-52(48)57-54(46)50/h1-35H. The van der Waals surface area contributed by atoms with Crippen LogP contribution in [0.4, 0.5) is 17.1 Å². The molecule has 0 spiro atoms. The lowest BCUT2D eigenvalue weighted by Crippen LogP contribution is -2.11. The molecule has 11 rings (SSSR count). The van der Waals surface area contributed by atoms with Gasteiger partial charge in [-0.3, -0.25) is 0 Å². The molecule has 11 aromatic rings. The SMILES string of the molecule is c1ccc(-c2cc(-c3cccc4c3oc3ccccc34)cc(N(c3ccccc3)c3cc(-c4ccccc4)cc(-c4cccc5c4oc4ccccc45)c3)c2)cc1. The Labute approximate surface area is 330 Å². The van der Waals surface area contributed by atoms with E-state index in [0.717, 1.165) is 105 Å². The van der Waals surface area contributed by atoms with Crippen LogP contribution < -0.4 is 4.90 Å². The molecular weight excluding hydrogens is 695 g/mol. The fourth-order valence-electron chi connectivity index (χ4n) is 8.36. The Morgan fingerprint density at radius 2 is 0.649 bits per heavy atom. The molecule has 0 saturated heterocycles. The number of fused-ring (bicyclic) bond motifs is 6. The molecule has 0 N–H and O–H groups in total. The fraction of sp³-hybridized carbons (Fsp3) is 0. The molecule has 0 bridgehead atoms. The summed E-state index contributed by atoms with van der Waals surface area (Å²) in [6.45, 7) is 0. The molecule has 2 heterocycles. The van der Waals surface area contributed by atoms with Crippen LogP contribution in [0.15, 0.2) is 221 Å². The summed E-state index contributed by atoms with van der Waals surface area (Å²) in [4.78, 5) is 2.38. The quantitative estimate of drug-likeness (QED) is 0.164. The molecule has 0 atom stereocenters. The summed E-state index contributed by atoms with van der Waals surface area (Å²) < 4.78 is 13.2. The van der Waals surface area contributed by atoms with Crippen LogP contribution in [-0.2, 0) is 0 Å². The van der Waals surface area contributed by atoms with Crippen LogP contribution in [0.1, 0.15) is 0 Å². The lowest BCUT2D eigenvalue weighted by Gasteiger charge is -2.28. The van der Waals surface area contributed by atoms with Crippen LogP contribution in [0.5, 0.6) is 0 Å². The normalized spacial score (nSPS) is 11.5. The Morgan fingerprint density at radius 3 is 1.12 bits per heavy atom. The summed E-state index contributed by atoms with van der Waals surface area (Å²) >= 11 is 0. The number of hydrogen-bond donors (Lipinski definition) is 0. The molecule has 268 valence electrons. The zero-order chi connectivity index (χ0) is 37.7. The van der Waals surface area contributed by atoms with E-state index in [4.69, 9.17) is 8.83 Å². The van der Waals surface area contributed by atoms with E-state index in [2.05, 4.69) is 193 Å². The van der Waals surface area contributed by atoms with E-state index < -0.39 is 0 Å². The number of benzene rings is 9. The van der Waals surface area contributed by atoms with Gasteiger partial charge in [0.25, 0.3) is 0 Å². The van der Waals surface area contributed by atoms with Crippen LogP contribution in [0.2, 0.25) is 0 Å². The summed E-state index contributed by atoms with van der Waals surface area (Å²) in [7, 11) is 0. The molecule has 0 aliphatic carbocycles. The van der Waals surface area contributed by atoms with E-state index in [1.807, 2.05) is 24.3 Å². The van der Waals surface area contributed by atoms with Crippen molar-refractivity contribution in [3.8, 4) is 44.5 Å². The van der Waals surface area contributed by atoms with E-state index in [1.54, 1.807) is 0 Å². The molecule has 57 heavy (non-hydrogen) atoms. The smallest absolute Gasteiger partial charge is 0.143 e. The maximum atomic E-state index is 6.62. The minimum atomic E-state index is 0.883. The second-order valence-electron chi connectivity index (χ2n) is 14.5. The number of rotatable bonds is 7. The highest BCUT2D eigenvalue weighted by atomic mass is 16.3. The Bertz CT molecular complexity index is 3030. The summed E-state index contributed by atoms with van der Waals surface area (Å²) in [5.74, 6) is 0. The second-order valence-corrected chi connectivity index (χ2v) is 14.5. The van der Waals surface area contributed by atoms with Crippen molar-refractivity contribution >= 4 is 60.9 Å². The number of anilines is 3. The molecule has 0 aliphatic rings. The van der Waals surface area contributed by atoms with Gasteiger partial charge in [-0.05, 0) is 94.0 Å². The molecular formula is C54H35NO2. The Kier molecular flexibility index (Phi) is 7.82. The van der Waals surface area contributed by atoms with Crippen molar-refractivity contribution in [1.82, 2.24) is 0 Å². The maximum Gasteiger partial charge on any atom is 0.143 e. The van der Waals surface area contributed by atoms with E-state index in [9.17, 15) is 0 Å². The zero-order valence-corrected chi connectivity index (χ0v) is 31.0. The Balaban J connectivity index is 1.18. The molecule has 3 heteroatoms. The molecule has 0 saturated carbocycles. The Hall–Kier alpha value is -7.62. The van der Waals surface area contributed by atoms with Gasteiger partial charge in [0, 0.05) is 49.7 Å². The predicted octanol–water partition coefficient (Wildman–Crippen LogP) is 15.6. The van der Waals surface area contributed by atoms with Crippen molar-refractivity contribution in [2.45, 2.75) is 0 Å². The topological polar surface area (TPSA) is 29.5 Å². The predicted molar refractivity (Wildman–Crippen MR) is 237 cm³/mol. The first-order chi connectivity index (χ1) is 28.2. The van der Waals surface area contributed by atoms with E-state index in [-0.39, 0.29) is 0 Å². The van der Waals surface area contributed by atoms with E-state index in [0.29, 0.717) is 0 Å². The van der Waals surface area contributed by atoms with Gasteiger partial charge in [0.15, 0.2) is 0 Å². The van der Waals surface area contributed by atoms with E-state index in [1.165, 1.54) is 0 Å². The minimum absolute atomic E-state index is 0.883. The van der Waals surface area contributed by atoms with Crippen LogP contribution in [0, 0.1) is 0 Å². The van der Waals surface area contributed by atoms with Crippen LogP contribution in [-0.4, -0.2) is 0 Å². The van der Waals surface area contributed by atoms with Gasteiger partial charge in [-0.15, -0.1) is 0 Å². The number of hydrogen-bond acceptors (Lipinski definition) is 3. The first kappa shape index (κ1) is 32.8. The third-order valence-electron chi connectivity index (χ3n) is 11.0. The lowest BCUT2D eigenvalue weighted by molar-refractivity contribution is 0.669. The summed E-state index contributed by atoms with van der Waals surface area (Å²) in [5, 5.41) is 4.44. The molecule has 0 radical (unpaired) electrons. The second kappa shape index (κ2) is 13.6. The average molecular weight is 730 g/mol. The summed E-state index contributed by atoms with van der Waals surface area (Å²) in [5.41, 5.74) is 15.4. The average Bonchev–Trinajstić information content (AvgIpc) is 3.86. The monoisotopic (exact) mass is 729 g/mol. The minimum Gasteiger partial charge on any atom is -0.455 e. The highest BCUT2D eigenvalue weighted by Crippen LogP contribution is 2.45. The van der Waals surface area contributed by atoms with Gasteiger partial charge in [0.1, 0.15) is 22.3 Å². The summed E-state index contributed by atoms with van der Waals surface area (Å²) in [6, 6.07) is 75.2. The van der Waals surface area contributed by atoms with Crippen LogP contribution in [0.25, 0.3) is 88.4 Å². The van der Waals surface area contributed by atoms with Crippen molar-refractivity contribution in [3.63, 3.8) is 0 Å². The third-order valence-corrected chi connectivity index (χ3v) is 11.0. The Morgan fingerprint density at radius 1 is 0.263 bits per heavy atom. The lowest BCUT2D eigenvalue weighted by atomic mass is 9.94. The van der Waals surface area contributed by atoms with Gasteiger partial charge in [-0.1, -0.05) is 152 Å². The van der Waals surface area contributed by atoms with Gasteiger partial charge in [-0.25, -0.2) is 0 Å². The largest absolute Gasteiger partial charge is 0.455 e.